The number of nitrogens with zero attached hydrogens (tertiary/aromatic N) is 2. The van der Waals surface area contributed by atoms with Crippen molar-refractivity contribution in [3.05, 3.63) is 42.1 Å². The summed E-state index contributed by atoms with van der Waals surface area (Å²) in [5.74, 6) is 0.369. The highest BCUT2D eigenvalue weighted by Gasteiger charge is 2.19. The van der Waals surface area contributed by atoms with Crippen LogP contribution in [0.3, 0.4) is 0 Å². The van der Waals surface area contributed by atoms with Gasteiger partial charge in [0.25, 0.3) is 6.43 Å². The molecule has 84 valence electrons. The van der Waals surface area contributed by atoms with Crippen LogP contribution in [0.5, 0.6) is 11.6 Å². The lowest BCUT2D eigenvalue weighted by Gasteiger charge is -2.03. The Balaban J connectivity index is 2.28. The molecule has 0 fully saturated rings. The van der Waals surface area contributed by atoms with E-state index in [9.17, 15) is 8.78 Å². The van der Waals surface area contributed by atoms with E-state index in [1.54, 1.807) is 24.3 Å². The summed E-state index contributed by atoms with van der Waals surface area (Å²) in [4.78, 5) is 0. The van der Waals surface area contributed by atoms with Crippen molar-refractivity contribution in [1.82, 2.24) is 8.81 Å². The Morgan fingerprint density at radius 2 is 1.94 bits per heavy atom. The minimum Gasteiger partial charge on any atom is -0.437 e. The SMILES string of the molecule is FC(F)c1cn(Br)nc1Oc1ccccc1. The van der Waals surface area contributed by atoms with Gasteiger partial charge in [0.1, 0.15) is 11.3 Å². The van der Waals surface area contributed by atoms with E-state index in [4.69, 9.17) is 4.74 Å². The van der Waals surface area contributed by atoms with Gasteiger partial charge in [-0.3, -0.25) is 0 Å². The maximum absolute atomic E-state index is 12.6. The van der Waals surface area contributed by atoms with Crippen molar-refractivity contribution in [1.29, 1.82) is 0 Å². The second kappa shape index (κ2) is 4.61. The number of rotatable bonds is 3. The van der Waals surface area contributed by atoms with E-state index < -0.39 is 6.43 Å². The number of hydrogen-bond acceptors (Lipinski definition) is 2. The molecule has 1 heterocycles. The molecule has 1 aromatic heterocycles. The molecule has 3 nitrogen and oxygen atoms in total. The van der Waals surface area contributed by atoms with Crippen molar-refractivity contribution < 1.29 is 13.5 Å². The first-order chi connectivity index (χ1) is 7.66. The molecule has 0 spiro atoms. The Kier molecular flexibility index (Phi) is 3.19. The molecule has 0 aliphatic carbocycles. The minimum absolute atomic E-state index is 0.0990. The predicted octanol–water partition coefficient (Wildman–Crippen LogP) is 3.77. The molecule has 0 aliphatic rings. The number of para-hydroxylation sites is 1. The smallest absolute Gasteiger partial charge is 0.270 e. The van der Waals surface area contributed by atoms with Gasteiger partial charge in [0.2, 0.25) is 5.88 Å². The topological polar surface area (TPSA) is 27.1 Å². The van der Waals surface area contributed by atoms with Crippen molar-refractivity contribution in [3.63, 3.8) is 0 Å². The Bertz CT molecular complexity index is 473. The van der Waals surface area contributed by atoms with E-state index in [0.29, 0.717) is 5.75 Å². The zero-order valence-corrected chi connectivity index (χ0v) is 9.56. The maximum atomic E-state index is 12.6. The minimum atomic E-state index is -2.62. The van der Waals surface area contributed by atoms with Crippen LogP contribution in [0, 0.1) is 0 Å². The number of halogens is 3. The monoisotopic (exact) mass is 288 g/mol. The quantitative estimate of drug-likeness (QED) is 0.860. The fraction of sp³-hybridized carbons (Fsp3) is 0.100. The first kappa shape index (κ1) is 11.1. The highest BCUT2D eigenvalue weighted by Crippen LogP contribution is 2.31. The fourth-order valence-corrected chi connectivity index (χ4v) is 1.54. The first-order valence-corrected chi connectivity index (χ1v) is 5.14. The van der Waals surface area contributed by atoms with Crippen LogP contribution in [0.25, 0.3) is 0 Å². The number of hydrogen-bond donors (Lipinski definition) is 0. The number of aromatic nitrogens is 2. The van der Waals surface area contributed by atoms with Crippen molar-refractivity contribution >= 4 is 16.1 Å². The molecule has 2 aromatic rings. The van der Waals surface area contributed by atoms with E-state index in [1.165, 1.54) is 6.20 Å². The van der Waals surface area contributed by atoms with Gasteiger partial charge in [-0.2, -0.15) is 0 Å². The van der Waals surface area contributed by atoms with Crippen LogP contribution < -0.4 is 4.74 Å². The fourth-order valence-electron chi connectivity index (χ4n) is 1.17. The maximum Gasteiger partial charge on any atom is 0.270 e. The van der Waals surface area contributed by atoms with Crippen molar-refractivity contribution in [2.24, 2.45) is 0 Å². The molecular weight excluding hydrogens is 282 g/mol. The van der Waals surface area contributed by atoms with E-state index in [-0.39, 0.29) is 11.4 Å². The molecule has 0 atom stereocenters. The number of benzene rings is 1. The third-order valence-electron chi connectivity index (χ3n) is 1.87. The lowest BCUT2D eigenvalue weighted by Crippen LogP contribution is -1.89. The van der Waals surface area contributed by atoms with Crippen LogP contribution >= 0.6 is 16.1 Å². The summed E-state index contributed by atoms with van der Waals surface area (Å²) in [5, 5.41) is 3.76. The van der Waals surface area contributed by atoms with Gasteiger partial charge < -0.3 is 4.74 Å². The summed E-state index contributed by atoms with van der Waals surface area (Å²) in [5.41, 5.74) is -0.249. The molecular formula is C10H7BrF2N2O. The molecule has 16 heavy (non-hydrogen) atoms. The van der Waals surface area contributed by atoms with E-state index >= 15 is 0 Å². The van der Waals surface area contributed by atoms with Crippen molar-refractivity contribution in [2.75, 3.05) is 0 Å². The van der Waals surface area contributed by atoms with Gasteiger partial charge in [-0.05, 0) is 12.1 Å². The Hall–Kier alpha value is -1.43. The van der Waals surface area contributed by atoms with Gasteiger partial charge in [0.05, 0.1) is 22.3 Å². The van der Waals surface area contributed by atoms with Crippen LogP contribution in [0.1, 0.15) is 12.0 Å². The van der Waals surface area contributed by atoms with Crippen LogP contribution in [0.15, 0.2) is 36.5 Å². The Labute approximate surface area is 99.0 Å². The third-order valence-corrected chi connectivity index (χ3v) is 2.24. The van der Waals surface area contributed by atoms with Gasteiger partial charge in [-0.1, -0.05) is 18.2 Å². The molecule has 0 saturated carbocycles. The van der Waals surface area contributed by atoms with Gasteiger partial charge in [0, 0.05) is 0 Å². The third kappa shape index (κ3) is 2.38. The van der Waals surface area contributed by atoms with Crippen LogP contribution in [-0.4, -0.2) is 8.81 Å². The second-order valence-corrected chi connectivity index (χ2v) is 3.72. The van der Waals surface area contributed by atoms with Gasteiger partial charge >= 0.3 is 0 Å². The number of alkyl halides is 2. The molecule has 0 saturated heterocycles. The highest BCUT2D eigenvalue weighted by atomic mass is 79.9. The second-order valence-electron chi connectivity index (χ2n) is 2.99. The number of ether oxygens (including phenoxy) is 1. The normalized spacial score (nSPS) is 10.8. The van der Waals surface area contributed by atoms with Crippen molar-refractivity contribution in [3.8, 4) is 11.6 Å². The standard InChI is InChI=1S/C10H7BrF2N2O/c11-15-6-8(9(12)13)10(14-15)16-7-4-2-1-3-5-7/h1-6,9H. The van der Waals surface area contributed by atoms with Crippen LogP contribution in [0.4, 0.5) is 8.78 Å². The van der Waals surface area contributed by atoms with E-state index in [0.717, 1.165) is 3.71 Å². The Morgan fingerprint density at radius 3 is 2.56 bits per heavy atom. The molecule has 0 amide bonds. The van der Waals surface area contributed by atoms with Gasteiger partial charge in [0.15, 0.2) is 0 Å². The Morgan fingerprint density at radius 1 is 1.25 bits per heavy atom. The molecule has 0 bridgehead atoms. The van der Waals surface area contributed by atoms with Gasteiger partial charge in [-0.25, -0.2) is 12.5 Å². The lowest BCUT2D eigenvalue weighted by molar-refractivity contribution is 0.148. The summed E-state index contributed by atoms with van der Waals surface area (Å²) in [7, 11) is 0. The van der Waals surface area contributed by atoms with E-state index in [2.05, 4.69) is 21.2 Å². The molecule has 0 unspecified atom stereocenters. The highest BCUT2D eigenvalue weighted by molar-refractivity contribution is 9.08. The summed E-state index contributed by atoms with van der Waals surface area (Å²) in [6.45, 7) is 0. The zero-order valence-electron chi connectivity index (χ0n) is 7.98. The summed E-state index contributed by atoms with van der Waals surface area (Å²) < 4.78 is 31.5. The molecule has 0 N–H and O–H groups in total. The molecule has 2 rings (SSSR count). The summed E-state index contributed by atoms with van der Waals surface area (Å²) in [6, 6.07) is 8.65. The lowest BCUT2D eigenvalue weighted by atomic mass is 10.3. The largest absolute Gasteiger partial charge is 0.437 e. The summed E-state index contributed by atoms with van der Waals surface area (Å²) in [6.07, 6.45) is -1.45. The van der Waals surface area contributed by atoms with E-state index in [1.807, 2.05) is 6.07 Å². The van der Waals surface area contributed by atoms with Crippen LogP contribution in [-0.2, 0) is 0 Å². The van der Waals surface area contributed by atoms with Crippen LogP contribution in [0.2, 0.25) is 0 Å². The summed E-state index contributed by atoms with van der Waals surface area (Å²) >= 11 is 2.96. The van der Waals surface area contributed by atoms with Crippen molar-refractivity contribution in [2.45, 2.75) is 6.43 Å². The molecule has 6 heteroatoms. The predicted molar refractivity (Wildman–Crippen MR) is 58.0 cm³/mol. The average Bonchev–Trinajstić information content (AvgIpc) is 2.61. The molecule has 0 radical (unpaired) electrons. The first-order valence-electron chi connectivity index (χ1n) is 4.43. The molecule has 1 aromatic carbocycles. The van der Waals surface area contributed by atoms with Gasteiger partial charge in [-0.15, -0.1) is 5.10 Å². The zero-order chi connectivity index (χ0) is 11.5. The average molecular weight is 289 g/mol. The molecule has 0 aliphatic heterocycles.